The minimum absolute atomic E-state index is 0. The van der Waals surface area contributed by atoms with Gasteiger partial charge in [0.15, 0.2) is 0 Å². The molecule has 2 rings (SSSR count). The molecule has 0 aromatic carbocycles. The standard InChI is InChI=1S/C14H26N2O2.ClH/c15-12(9-10-5-2-1-3-6-10)13(17)14(18)16-11-7-4-8-11;/h10-13,17H,1-9,15H2,(H,16,18);1H/t12-,13?;/m1./s1. The van der Waals surface area contributed by atoms with Gasteiger partial charge >= 0.3 is 0 Å². The van der Waals surface area contributed by atoms with E-state index in [4.69, 9.17) is 5.73 Å². The largest absolute Gasteiger partial charge is 0.382 e. The molecule has 2 saturated carbocycles. The van der Waals surface area contributed by atoms with Crippen molar-refractivity contribution in [3.8, 4) is 0 Å². The summed E-state index contributed by atoms with van der Waals surface area (Å²) in [6, 6.07) is -0.137. The molecule has 4 nitrogen and oxygen atoms in total. The van der Waals surface area contributed by atoms with Gasteiger partial charge in [-0.05, 0) is 31.6 Å². The van der Waals surface area contributed by atoms with Gasteiger partial charge in [0.1, 0.15) is 6.10 Å². The second kappa shape index (κ2) is 8.08. The first kappa shape index (κ1) is 16.7. The number of nitrogens with one attached hydrogen (secondary N) is 1. The molecule has 0 radical (unpaired) electrons. The number of nitrogens with two attached hydrogens (primary N) is 1. The lowest BCUT2D eigenvalue weighted by Crippen LogP contribution is -2.51. The third-order valence-electron chi connectivity index (χ3n) is 4.46. The lowest BCUT2D eigenvalue weighted by atomic mass is 9.83. The van der Waals surface area contributed by atoms with Crippen molar-refractivity contribution in [1.29, 1.82) is 0 Å². The molecule has 0 aliphatic heterocycles. The topological polar surface area (TPSA) is 75.3 Å². The Hall–Kier alpha value is -0.320. The lowest BCUT2D eigenvalue weighted by molar-refractivity contribution is -0.131. The van der Waals surface area contributed by atoms with Crippen LogP contribution in [0.15, 0.2) is 0 Å². The Morgan fingerprint density at radius 1 is 1.16 bits per heavy atom. The Bertz CT molecular complexity index is 279. The molecule has 2 fully saturated rings. The van der Waals surface area contributed by atoms with E-state index in [1.165, 1.54) is 38.5 Å². The summed E-state index contributed by atoms with van der Waals surface area (Å²) >= 11 is 0. The van der Waals surface area contributed by atoms with Crippen LogP contribution >= 0.6 is 12.4 Å². The van der Waals surface area contributed by atoms with Gasteiger partial charge in [-0.2, -0.15) is 0 Å². The number of hydrogen-bond acceptors (Lipinski definition) is 3. The van der Waals surface area contributed by atoms with Crippen LogP contribution in [0.4, 0.5) is 0 Å². The first-order chi connectivity index (χ1) is 8.66. The van der Waals surface area contributed by atoms with E-state index in [1.807, 2.05) is 0 Å². The van der Waals surface area contributed by atoms with Crippen molar-refractivity contribution in [3.05, 3.63) is 0 Å². The summed E-state index contributed by atoms with van der Waals surface area (Å²) < 4.78 is 0. The van der Waals surface area contributed by atoms with E-state index in [0.717, 1.165) is 19.3 Å². The average Bonchev–Trinajstić information content (AvgIpc) is 2.33. The molecule has 4 N–H and O–H groups in total. The zero-order valence-electron chi connectivity index (χ0n) is 11.5. The van der Waals surface area contributed by atoms with Crippen molar-refractivity contribution in [3.63, 3.8) is 0 Å². The summed E-state index contributed by atoms with van der Waals surface area (Å²) in [6.45, 7) is 0. The average molecular weight is 291 g/mol. The van der Waals surface area contributed by atoms with Crippen molar-refractivity contribution in [2.45, 2.75) is 76.0 Å². The smallest absolute Gasteiger partial charge is 0.250 e. The van der Waals surface area contributed by atoms with Gasteiger partial charge in [-0.15, -0.1) is 12.4 Å². The molecule has 0 spiro atoms. The van der Waals surface area contributed by atoms with Crippen molar-refractivity contribution >= 4 is 18.3 Å². The lowest BCUT2D eigenvalue weighted by Gasteiger charge is -2.30. The van der Waals surface area contributed by atoms with Gasteiger partial charge in [0.25, 0.3) is 5.91 Å². The van der Waals surface area contributed by atoms with E-state index in [9.17, 15) is 9.90 Å². The van der Waals surface area contributed by atoms with Crippen LogP contribution < -0.4 is 11.1 Å². The molecule has 0 aromatic rings. The van der Waals surface area contributed by atoms with Gasteiger partial charge in [-0.1, -0.05) is 32.1 Å². The van der Waals surface area contributed by atoms with Gasteiger partial charge in [-0.3, -0.25) is 4.79 Å². The second-order valence-electron chi connectivity index (χ2n) is 5.98. The maximum absolute atomic E-state index is 11.8. The predicted octanol–water partition coefficient (Wildman–Crippen LogP) is 1.74. The number of rotatable bonds is 5. The number of hydrogen-bond donors (Lipinski definition) is 3. The fourth-order valence-electron chi connectivity index (χ4n) is 2.97. The highest BCUT2D eigenvalue weighted by atomic mass is 35.5. The van der Waals surface area contributed by atoms with E-state index in [2.05, 4.69) is 5.32 Å². The molecule has 2 atom stereocenters. The maximum Gasteiger partial charge on any atom is 0.250 e. The number of carbonyl (C=O) groups excluding carboxylic acids is 1. The molecule has 0 aromatic heterocycles. The van der Waals surface area contributed by atoms with Crippen LogP contribution in [0.2, 0.25) is 0 Å². The molecular formula is C14H27ClN2O2. The Morgan fingerprint density at radius 3 is 2.32 bits per heavy atom. The van der Waals surface area contributed by atoms with Crippen molar-refractivity contribution < 1.29 is 9.90 Å². The summed E-state index contributed by atoms with van der Waals surface area (Å²) in [5.41, 5.74) is 5.97. The Kier molecular flexibility index (Phi) is 7.11. The fraction of sp³-hybridized carbons (Fsp3) is 0.929. The fourth-order valence-corrected chi connectivity index (χ4v) is 2.97. The maximum atomic E-state index is 11.8. The van der Waals surface area contributed by atoms with E-state index < -0.39 is 12.1 Å². The van der Waals surface area contributed by atoms with Crippen molar-refractivity contribution in [2.24, 2.45) is 11.7 Å². The Balaban J connectivity index is 0.00000180. The summed E-state index contributed by atoms with van der Waals surface area (Å²) in [6.07, 6.45) is 9.24. The van der Waals surface area contributed by atoms with Crippen LogP contribution in [0.25, 0.3) is 0 Å². The summed E-state index contributed by atoms with van der Waals surface area (Å²) in [4.78, 5) is 11.8. The highest BCUT2D eigenvalue weighted by Gasteiger charge is 2.29. The zero-order chi connectivity index (χ0) is 13.0. The van der Waals surface area contributed by atoms with E-state index in [0.29, 0.717) is 5.92 Å². The summed E-state index contributed by atoms with van der Waals surface area (Å²) in [7, 11) is 0. The van der Waals surface area contributed by atoms with Gasteiger partial charge in [0.05, 0.1) is 0 Å². The molecule has 1 unspecified atom stereocenters. The number of aliphatic hydroxyl groups excluding tert-OH is 1. The molecule has 0 heterocycles. The number of halogens is 1. The first-order valence-corrected chi connectivity index (χ1v) is 7.41. The summed E-state index contributed by atoms with van der Waals surface area (Å²) in [5.74, 6) is 0.322. The predicted molar refractivity (Wildman–Crippen MR) is 78.2 cm³/mol. The molecule has 0 bridgehead atoms. The monoisotopic (exact) mass is 290 g/mol. The van der Waals surface area contributed by atoms with Crippen LogP contribution in [0.3, 0.4) is 0 Å². The van der Waals surface area contributed by atoms with Crippen molar-refractivity contribution in [1.82, 2.24) is 5.32 Å². The number of carbonyl (C=O) groups is 1. The summed E-state index contributed by atoms with van der Waals surface area (Å²) in [5, 5.41) is 12.8. The quantitative estimate of drug-likeness (QED) is 0.722. The highest BCUT2D eigenvalue weighted by molar-refractivity contribution is 5.85. The van der Waals surface area contributed by atoms with Crippen molar-refractivity contribution in [2.75, 3.05) is 0 Å². The zero-order valence-corrected chi connectivity index (χ0v) is 12.3. The van der Waals surface area contributed by atoms with E-state index >= 15 is 0 Å². The molecule has 112 valence electrons. The highest BCUT2D eigenvalue weighted by Crippen LogP contribution is 2.27. The minimum atomic E-state index is -1.03. The molecular weight excluding hydrogens is 264 g/mol. The van der Waals surface area contributed by atoms with E-state index in [1.54, 1.807) is 0 Å². The van der Waals surface area contributed by atoms with Crippen LogP contribution in [0.1, 0.15) is 57.8 Å². The number of amides is 1. The van der Waals surface area contributed by atoms with Gasteiger partial charge in [-0.25, -0.2) is 0 Å². The first-order valence-electron chi connectivity index (χ1n) is 7.41. The van der Waals surface area contributed by atoms with E-state index in [-0.39, 0.29) is 24.4 Å². The third kappa shape index (κ3) is 4.93. The van der Waals surface area contributed by atoms with Gasteiger partial charge < -0.3 is 16.2 Å². The van der Waals surface area contributed by atoms with Crippen LogP contribution in [0, 0.1) is 5.92 Å². The van der Waals surface area contributed by atoms with Crippen LogP contribution in [-0.4, -0.2) is 29.2 Å². The molecule has 1 amide bonds. The molecule has 19 heavy (non-hydrogen) atoms. The minimum Gasteiger partial charge on any atom is -0.382 e. The van der Waals surface area contributed by atoms with Crippen LogP contribution in [-0.2, 0) is 4.79 Å². The molecule has 2 aliphatic rings. The molecule has 0 saturated heterocycles. The van der Waals surface area contributed by atoms with Gasteiger partial charge in [0.2, 0.25) is 0 Å². The molecule has 5 heteroatoms. The Morgan fingerprint density at radius 2 is 1.79 bits per heavy atom. The Labute approximate surface area is 121 Å². The third-order valence-corrected chi connectivity index (χ3v) is 4.46. The normalized spacial score (nSPS) is 23.9. The number of aliphatic hydroxyl groups is 1. The van der Waals surface area contributed by atoms with Gasteiger partial charge in [0, 0.05) is 12.1 Å². The second-order valence-corrected chi connectivity index (χ2v) is 5.98. The SMILES string of the molecule is Cl.N[C@H](CC1CCCCC1)C(O)C(=O)NC1CCC1. The van der Waals surface area contributed by atoms with Crippen LogP contribution in [0.5, 0.6) is 0 Å². The molecule has 2 aliphatic carbocycles.